The second-order valence-electron chi connectivity index (χ2n) is 5.97. The smallest absolute Gasteiger partial charge is 0.223 e. The van der Waals surface area contributed by atoms with E-state index in [1.54, 1.807) is 0 Å². The number of amides is 1. The number of benzene rings is 1. The van der Waals surface area contributed by atoms with Gasteiger partial charge in [-0.2, -0.15) is 0 Å². The van der Waals surface area contributed by atoms with Crippen molar-refractivity contribution in [2.75, 3.05) is 13.1 Å². The van der Waals surface area contributed by atoms with E-state index in [9.17, 15) is 9.59 Å². The number of carbonyl (C=O) groups excluding carboxylic acids is 2. The maximum Gasteiger partial charge on any atom is 0.223 e. The van der Waals surface area contributed by atoms with Crippen LogP contribution in [0, 0.1) is 0 Å². The molecule has 1 aromatic carbocycles. The number of hydrogen-bond acceptors (Lipinski definition) is 3. The monoisotopic (exact) mass is 286 g/mol. The van der Waals surface area contributed by atoms with Gasteiger partial charge in [0.2, 0.25) is 5.91 Å². The van der Waals surface area contributed by atoms with Gasteiger partial charge in [0, 0.05) is 37.0 Å². The third kappa shape index (κ3) is 3.16. The van der Waals surface area contributed by atoms with Crippen molar-refractivity contribution in [2.24, 2.45) is 0 Å². The van der Waals surface area contributed by atoms with Gasteiger partial charge < -0.3 is 10.2 Å². The number of hydrogen-bond donors (Lipinski definition) is 1. The van der Waals surface area contributed by atoms with Gasteiger partial charge in [-0.15, -0.1) is 0 Å². The summed E-state index contributed by atoms with van der Waals surface area (Å²) in [7, 11) is 0. The van der Waals surface area contributed by atoms with Crippen LogP contribution >= 0.6 is 0 Å². The van der Waals surface area contributed by atoms with Gasteiger partial charge in [-0.1, -0.05) is 30.3 Å². The molecule has 3 rings (SSSR count). The Kier molecular flexibility index (Phi) is 4.34. The second kappa shape index (κ2) is 6.39. The zero-order valence-corrected chi connectivity index (χ0v) is 12.3. The Bertz CT molecular complexity index is 501. The van der Waals surface area contributed by atoms with Crippen molar-refractivity contribution in [1.29, 1.82) is 0 Å². The van der Waals surface area contributed by atoms with E-state index in [0.717, 1.165) is 32.4 Å². The van der Waals surface area contributed by atoms with Crippen molar-refractivity contribution in [3.63, 3.8) is 0 Å². The molecule has 2 bridgehead atoms. The highest BCUT2D eigenvalue weighted by molar-refractivity contribution is 5.97. The summed E-state index contributed by atoms with van der Waals surface area (Å²) in [5.41, 5.74) is 0.700. The van der Waals surface area contributed by atoms with Crippen LogP contribution in [0.15, 0.2) is 30.3 Å². The Morgan fingerprint density at radius 3 is 2.62 bits per heavy atom. The van der Waals surface area contributed by atoms with Crippen LogP contribution in [0.3, 0.4) is 0 Å². The first-order valence-corrected chi connectivity index (χ1v) is 7.86. The highest BCUT2D eigenvalue weighted by atomic mass is 16.2. The molecule has 0 aliphatic carbocycles. The fraction of sp³-hybridized carbons (Fsp3) is 0.529. The highest BCUT2D eigenvalue weighted by Crippen LogP contribution is 2.28. The van der Waals surface area contributed by atoms with Crippen LogP contribution in [0.1, 0.15) is 42.5 Å². The lowest BCUT2D eigenvalue weighted by Gasteiger charge is -2.27. The minimum absolute atomic E-state index is 0.0595. The molecule has 1 aromatic rings. The van der Waals surface area contributed by atoms with Crippen LogP contribution in [-0.4, -0.2) is 41.8 Å². The molecule has 2 aliphatic rings. The molecule has 21 heavy (non-hydrogen) atoms. The summed E-state index contributed by atoms with van der Waals surface area (Å²) in [4.78, 5) is 26.6. The summed E-state index contributed by atoms with van der Waals surface area (Å²) < 4.78 is 0. The fourth-order valence-corrected chi connectivity index (χ4v) is 3.51. The number of fused-ring (bicyclic) bond motifs is 2. The summed E-state index contributed by atoms with van der Waals surface area (Å²) in [5.74, 6) is 0.208. The molecule has 2 unspecified atom stereocenters. The number of nitrogens with zero attached hydrogens (tertiary/aromatic N) is 1. The van der Waals surface area contributed by atoms with E-state index in [-0.39, 0.29) is 11.7 Å². The lowest BCUT2D eigenvalue weighted by molar-refractivity contribution is -0.133. The molecule has 2 fully saturated rings. The SMILES string of the molecule is O=C(CCC(=O)N1C2CCNCC1CC2)c1ccccc1. The molecular formula is C17H22N2O2. The predicted octanol–water partition coefficient (Wildman–Crippen LogP) is 2.00. The van der Waals surface area contributed by atoms with Crippen molar-refractivity contribution in [3.05, 3.63) is 35.9 Å². The van der Waals surface area contributed by atoms with Crippen LogP contribution in [-0.2, 0) is 4.79 Å². The first kappa shape index (κ1) is 14.3. The lowest BCUT2D eigenvalue weighted by Crippen LogP contribution is -2.42. The average Bonchev–Trinajstić information content (AvgIpc) is 2.78. The summed E-state index contributed by atoms with van der Waals surface area (Å²) >= 11 is 0. The van der Waals surface area contributed by atoms with Crippen molar-refractivity contribution < 1.29 is 9.59 Å². The normalized spacial score (nSPS) is 24.7. The standard InChI is InChI=1S/C17H22N2O2/c20-16(13-4-2-1-3-5-13)8-9-17(21)19-14-6-7-15(19)12-18-11-10-14/h1-5,14-15,18H,6-12H2. The largest absolute Gasteiger partial charge is 0.335 e. The topological polar surface area (TPSA) is 49.4 Å². The van der Waals surface area contributed by atoms with Crippen LogP contribution in [0.25, 0.3) is 0 Å². The van der Waals surface area contributed by atoms with Gasteiger partial charge in [0.1, 0.15) is 0 Å². The predicted molar refractivity (Wildman–Crippen MR) is 81.1 cm³/mol. The Hall–Kier alpha value is -1.68. The van der Waals surface area contributed by atoms with Crippen LogP contribution in [0.4, 0.5) is 0 Å². The van der Waals surface area contributed by atoms with E-state index in [1.165, 1.54) is 0 Å². The zero-order chi connectivity index (χ0) is 14.7. The Labute approximate surface area is 125 Å². The quantitative estimate of drug-likeness (QED) is 0.861. The molecule has 0 radical (unpaired) electrons. The minimum Gasteiger partial charge on any atom is -0.335 e. The van der Waals surface area contributed by atoms with Gasteiger partial charge in [0.25, 0.3) is 0 Å². The summed E-state index contributed by atoms with van der Waals surface area (Å²) in [6.07, 6.45) is 3.89. The third-order valence-electron chi connectivity index (χ3n) is 4.60. The number of nitrogens with one attached hydrogen (secondary N) is 1. The van der Waals surface area contributed by atoms with Gasteiger partial charge in [0.05, 0.1) is 0 Å². The van der Waals surface area contributed by atoms with Gasteiger partial charge in [-0.25, -0.2) is 0 Å². The number of Topliss-reactive ketones (excluding diaryl/α,β-unsaturated/α-hetero) is 1. The molecule has 112 valence electrons. The Morgan fingerprint density at radius 2 is 1.81 bits per heavy atom. The number of rotatable bonds is 4. The molecule has 1 amide bonds. The zero-order valence-electron chi connectivity index (χ0n) is 12.3. The van der Waals surface area contributed by atoms with Crippen molar-refractivity contribution in [2.45, 2.75) is 44.2 Å². The average molecular weight is 286 g/mol. The molecule has 0 spiro atoms. The minimum atomic E-state index is 0.0595. The Balaban J connectivity index is 1.58. The Morgan fingerprint density at radius 1 is 1.05 bits per heavy atom. The third-order valence-corrected chi connectivity index (χ3v) is 4.60. The van der Waals surface area contributed by atoms with Crippen molar-refractivity contribution in [1.82, 2.24) is 10.2 Å². The van der Waals surface area contributed by atoms with E-state index < -0.39 is 0 Å². The molecule has 1 N–H and O–H groups in total. The van der Waals surface area contributed by atoms with Crippen LogP contribution < -0.4 is 5.32 Å². The maximum absolute atomic E-state index is 12.5. The van der Waals surface area contributed by atoms with E-state index >= 15 is 0 Å². The maximum atomic E-state index is 12.5. The summed E-state index contributed by atoms with van der Waals surface area (Å²) in [6.45, 7) is 1.89. The molecule has 2 aliphatic heterocycles. The molecule has 4 heteroatoms. The molecule has 4 nitrogen and oxygen atoms in total. The second-order valence-corrected chi connectivity index (χ2v) is 5.97. The lowest BCUT2D eigenvalue weighted by atomic mass is 10.1. The van der Waals surface area contributed by atoms with E-state index in [1.807, 2.05) is 30.3 Å². The number of carbonyl (C=O) groups is 2. The molecule has 0 aromatic heterocycles. The molecular weight excluding hydrogens is 264 g/mol. The molecule has 2 atom stereocenters. The van der Waals surface area contributed by atoms with E-state index in [2.05, 4.69) is 10.2 Å². The van der Waals surface area contributed by atoms with Gasteiger partial charge in [0.15, 0.2) is 5.78 Å². The first-order chi connectivity index (χ1) is 10.3. The van der Waals surface area contributed by atoms with Crippen LogP contribution in [0.2, 0.25) is 0 Å². The molecule has 0 saturated carbocycles. The van der Waals surface area contributed by atoms with Crippen molar-refractivity contribution in [3.8, 4) is 0 Å². The van der Waals surface area contributed by atoms with E-state index in [0.29, 0.717) is 30.5 Å². The van der Waals surface area contributed by atoms with Gasteiger partial charge in [-0.05, 0) is 25.8 Å². The van der Waals surface area contributed by atoms with Crippen molar-refractivity contribution >= 4 is 11.7 Å². The summed E-state index contributed by atoms with van der Waals surface area (Å²) in [5, 5.41) is 3.39. The van der Waals surface area contributed by atoms with Gasteiger partial charge in [-0.3, -0.25) is 9.59 Å². The fourth-order valence-electron chi connectivity index (χ4n) is 3.51. The van der Waals surface area contributed by atoms with Crippen LogP contribution in [0.5, 0.6) is 0 Å². The molecule has 2 saturated heterocycles. The summed E-state index contributed by atoms with van der Waals surface area (Å²) in [6, 6.07) is 9.94. The number of ketones is 1. The van der Waals surface area contributed by atoms with Gasteiger partial charge >= 0.3 is 0 Å². The van der Waals surface area contributed by atoms with E-state index in [4.69, 9.17) is 0 Å². The highest BCUT2D eigenvalue weighted by Gasteiger charge is 2.37. The first-order valence-electron chi connectivity index (χ1n) is 7.86. The molecule has 2 heterocycles.